The van der Waals surface area contributed by atoms with Crippen LogP contribution in [0.1, 0.15) is 25.6 Å². The number of non-ortho nitro benzene ring substituents is 1. The minimum Gasteiger partial charge on any atom is -0.463 e. The van der Waals surface area contributed by atoms with E-state index >= 15 is 0 Å². The highest BCUT2D eigenvalue weighted by Gasteiger charge is 2.32. The van der Waals surface area contributed by atoms with Crippen molar-refractivity contribution in [1.82, 2.24) is 5.32 Å². The number of amidine groups is 1. The number of rotatable bonds is 5. The second-order valence-corrected chi connectivity index (χ2v) is 7.25. The van der Waals surface area contributed by atoms with E-state index < -0.39 is 16.9 Å². The first-order chi connectivity index (χ1) is 13.8. The van der Waals surface area contributed by atoms with Gasteiger partial charge in [0, 0.05) is 23.4 Å². The smallest absolute Gasteiger partial charge is 0.338 e. The van der Waals surface area contributed by atoms with Crippen LogP contribution in [0.5, 0.6) is 0 Å². The molecule has 1 atom stereocenters. The van der Waals surface area contributed by atoms with E-state index in [-0.39, 0.29) is 12.3 Å². The Balaban J connectivity index is 2.04. The first-order valence-electron chi connectivity index (χ1n) is 8.66. The summed E-state index contributed by atoms with van der Waals surface area (Å²) >= 11 is 7.61. The van der Waals surface area contributed by atoms with Crippen molar-refractivity contribution in [3.05, 3.63) is 62.5 Å². The lowest BCUT2D eigenvalue weighted by molar-refractivity contribution is -0.384. The van der Waals surface area contributed by atoms with Crippen LogP contribution in [0.25, 0.3) is 11.3 Å². The molecule has 1 aromatic carbocycles. The molecule has 1 aliphatic rings. The van der Waals surface area contributed by atoms with Crippen molar-refractivity contribution < 1.29 is 18.9 Å². The number of allylic oxidation sites excluding steroid dienone is 1. The SMILES string of the molecule is CCOC(=O)C1=C(C)NC(SC)=NC1c1ccc(-c2cc([N+](=O)[O-])ccc2Cl)o1. The Morgan fingerprint density at radius 2 is 2.17 bits per heavy atom. The van der Waals surface area contributed by atoms with Gasteiger partial charge in [0.15, 0.2) is 5.17 Å². The fraction of sp³-hybridized carbons (Fsp3) is 0.263. The molecule has 2 heterocycles. The zero-order chi connectivity index (χ0) is 21.1. The lowest BCUT2D eigenvalue weighted by Gasteiger charge is -2.23. The lowest BCUT2D eigenvalue weighted by atomic mass is 10.0. The molecule has 3 rings (SSSR count). The van der Waals surface area contributed by atoms with Gasteiger partial charge in [-0.1, -0.05) is 23.4 Å². The Labute approximate surface area is 176 Å². The maximum atomic E-state index is 12.5. The van der Waals surface area contributed by atoms with E-state index in [1.54, 1.807) is 26.0 Å². The van der Waals surface area contributed by atoms with Crippen LogP contribution in [-0.2, 0) is 9.53 Å². The number of furan rings is 1. The minimum atomic E-state index is -0.705. The summed E-state index contributed by atoms with van der Waals surface area (Å²) in [6, 6.07) is 6.73. The number of nitrogens with one attached hydrogen (secondary N) is 1. The van der Waals surface area contributed by atoms with Gasteiger partial charge in [-0.05, 0) is 38.3 Å². The zero-order valence-electron chi connectivity index (χ0n) is 15.9. The molecule has 152 valence electrons. The molecule has 0 saturated carbocycles. The van der Waals surface area contributed by atoms with Crippen molar-refractivity contribution in [3.63, 3.8) is 0 Å². The molecule has 0 radical (unpaired) electrons. The average molecular weight is 436 g/mol. The maximum Gasteiger partial charge on any atom is 0.338 e. The Bertz CT molecular complexity index is 1030. The number of ether oxygens (including phenoxy) is 1. The predicted molar refractivity (Wildman–Crippen MR) is 112 cm³/mol. The lowest BCUT2D eigenvalue weighted by Crippen LogP contribution is -2.30. The standard InChI is InChI=1S/C19H18ClN3O5S/c1-4-27-18(24)16-10(2)21-19(29-3)22-17(16)15-8-7-14(28-15)12-9-11(23(25)26)5-6-13(12)20/h5-9,17H,4H2,1-3H3,(H,21,22). The van der Waals surface area contributed by atoms with Gasteiger partial charge in [0.05, 0.1) is 22.1 Å². The molecule has 29 heavy (non-hydrogen) atoms. The third-order valence-corrected chi connectivity index (χ3v) is 5.15. The van der Waals surface area contributed by atoms with Crippen molar-refractivity contribution in [2.24, 2.45) is 4.99 Å². The first-order valence-corrected chi connectivity index (χ1v) is 10.3. The van der Waals surface area contributed by atoms with Crippen molar-refractivity contribution in [2.45, 2.75) is 19.9 Å². The summed E-state index contributed by atoms with van der Waals surface area (Å²) < 4.78 is 11.1. The molecule has 0 saturated heterocycles. The van der Waals surface area contributed by atoms with Gasteiger partial charge in [-0.15, -0.1) is 0 Å². The Morgan fingerprint density at radius 1 is 1.41 bits per heavy atom. The Hall–Kier alpha value is -2.78. The molecule has 0 spiro atoms. The fourth-order valence-electron chi connectivity index (χ4n) is 2.89. The monoisotopic (exact) mass is 435 g/mol. The molecule has 0 aliphatic carbocycles. The van der Waals surface area contributed by atoms with Crippen LogP contribution in [0.2, 0.25) is 5.02 Å². The maximum absolute atomic E-state index is 12.5. The first kappa shape index (κ1) is 20.9. The molecule has 1 aromatic heterocycles. The molecule has 0 amide bonds. The molecule has 0 bridgehead atoms. The van der Waals surface area contributed by atoms with Gasteiger partial charge >= 0.3 is 5.97 Å². The van der Waals surface area contributed by atoms with Gasteiger partial charge in [0.25, 0.3) is 5.69 Å². The number of nitrogens with zero attached hydrogens (tertiary/aromatic N) is 2. The second kappa shape index (κ2) is 8.71. The Morgan fingerprint density at radius 3 is 2.83 bits per heavy atom. The van der Waals surface area contributed by atoms with Crippen molar-refractivity contribution in [3.8, 4) is 11.3 Å². The molecule has 1 N–H and O–H groups in total. The van der Waals surface area contributed by atoms with Gasteiger partial charge in [-0.25, -0.2) is 9.79 Å². The van der Waals surface area contributed by atoms with Gasteiger partial charge in [0.1, 0.15) is 17.6 Å². The third kappa shape index (κ3) is 4.30. The number of hydrogen-bond acceptors (Lipinski definition) is 8. The third-order valence-electron chi connectivity index (χ3n) is 4.23. The van der Waals surface area contributed by atoms with Crippen LogP contribution in [0.3, 0.4) is 0 Å². The van der Waals surface area contributed by atoms with Gasteiger partial charge in [-0.2, -0.15) is 0 Å². The minimum absolute atomic E-state index is 0.102. The number of benzene rings is 1. The molecular formula is C19H18ClN3O5S. The second-order valence-electron chi connectivity index (χ2n) is 6.05. The van der Waals surface area contributed by atoms with Crippen LogP contribution in [-0.4, -0.2) is 28.9 Å². The van der Waals surface area contributed by atoms with E-state index in [0.717, 1.165) is 0 Å². The zero-order valence-corrected chi connectivity index (χ0v) is 17.5. The van der Waals surface area contributed by atoms with E-state index in [2.05, 4.69) is 10.3 Å². The molecule has 1 aliphatic heterocycles. The van der Waals surface area contributed by atoms with Crippen LogP contribution in [0.15, 0.2) is 51.0 Å². The van der Waals surface area contributed by atoms with Gasteiger partial charge in [0.2, 0.25) is 0 Å². The van der Waals surface area contributed by atoms with E-state index in [0.29, 0.717) is 38.5 Å². The highest BCUT2D eigenvalue weighted by molar-refractivity contribution is 8.13. The molecule has 10 heteroatoms. The molecular weight excluding hydrogens is 418 g/mol. The van der Waals surface area contributed by atoms with Crippen LogP contribution in [0.4, 0.5) is 5.69 Å². The number of halogens is 1. The Kier molecular flexibility index (Phi) is 6.29. The van der Waals surface area contributed by atoms with Gasteiger partial charge < -0.3 is 14.5 Å². The topological polar surface area (TPSA) is 107 Å². The summed E-state index contributed by atoms with van der Waals surface area (Å²) in [6.45, 7) is 3.73. The summed E-state index contributed by atoms with van der Waals surface area (Å²) in [6.07, 6.45) is 1.86. The number of nitro groups is 1. The molecule has 2 aromatic rings. The summed E-state index contributed by atoms with van der Waals surface area (Å²) in [7, 11) is 0. The number of carbonyl (C=O) groups excluding carboxylic acids is 1. The largest absolute Gasteiger partial charge is 0.463 e. The van der Waals surface area contributed by atoms with Crippen LogP contribution >= 0.6 is 23.4 Å². The van der Waals surface area contributed by atoms with E-state index in [9.17, 15) is 14.9 Å². The number of aliphatic imine (C=N–C) groups is 1. The highest BCUT2D eigenvalue weighted by atomic mass is 35.5. The molecule has 1 unspecified atom stereocenters. The average Bonchev–Trinajstić information content (AvgIpc) is 3.17. The normalized spacial score (nSPS) is 16.3. The molecule has 8 nitrogen and oxygen atoms in total. The molecule has 0 fully saturated rings. The number of nitro benzene ring substituents is 1. The van der Waals surface area contributed by atoms with Crippen molar-refractivity contribution in [1.29, 1.82) is 0 Å². The number of hydrogen-bond donors (Lipinski definition) is 1. The number of esters is 1. The van der Waals surface area contributed by atoms with E-state index in [4.69, 9.17) is 20.8 Å². The van der Waals surface area contributed by atoms with Crippen LogP contribution < -0.4 is 5.32 Å². The quantitative estimate of drug-likeness (QED) is 0.411. The highest BCUT2D eigenvalue weighted by Crippen LogP contribution is 2.38. The van der Waals surface area contributed by atoms with Gasteiger partial charge in [-0.3, -0.25) is 10.1 Å². The summed E-state index contributed by atoms with van der Waals surface area (Å²) in [5, 5.41) is 15.1. The number of thioether (sulfide) groups is 1. The summed E-state index contributed by atoms with van der Waals surface area (Å²) in [5.41, 5.74) is 1.25. The van der Waals surface area contributed by atoms with Crippen molar-refractivity contribution in [2.75, 3.05) is 12.9 Å². The summed E-state index contributed by atoms with van der Waals surface area (Å²) in [5.74, 6) is 0.254. The predicted octanol–water partition coefficient (Wildman–Crippen LogP) is 4.71. The fourth-order valence-corrected chi connectivity index (χ4v) is 3.57. The van der Waals surface area contributed by atoms with E-state index in [1.165, 1.54) is 30.0 Å². The number of carbonyl (C=O) groups is 1. The summed E-state index contributed by atoms with van der Waals surface area (Å²) in [4.78, 5) is 27.6. The van der Waals surface area contributed by atoms with Crippen LogP contribution in [0, 0.1) is 10.1 Å². The van der Waals surface area contributed by atoms with Crippen molar-refractivity contribution >= 4 is 40.2 Å². The van der Waals surface area contributed by atoms with E-state index in [1.807, 2.05) is 6.26 Å².